The lowest BCUT2D eigenvalue weighted by atomic mass is 9.90. The smallest absolute Gasteiger partial charge is 0.253 e. The Hall–Kier alpha value is -5.88. The molecule has 300 valence electrons. The average molecular weight is 781 g/mol. The van der Waals surface area contributed by atoms with E-state index in [4.69, 9.17) is 9.97 Å². The molecule has 58 heavy (non-hydrogen) atoms. The summed E-state index contributed by atoms with van der Waals surface area (Å²) in [5.41, 5.74) is 12.9. The van der Waals surface area contributed by atoms with Gasteiger partial charge < -0.3 is 20.1 Å². The number of imide groups is 1. The van der Waals surface area contributed by atoms with E-state index < -0.39 is 0 Å². The van der Waals surface area contributed by atoms with Crippen LogP contribution in [0.15, 0.2) is 67.0 Å². The van der Waals surface area contributed by atoms with Gasteiger partial charge in [0.15, 0.2) is 5.65 Å². The fourth-order valence-electron chi connectivity index (χ4n) is 8.75. The monoisotopic (exact) mass is 780 g/mol. The zero-order chi connectivity index (χ0) is 40.5. The molecule has 0 radical (unpaired) electrons. The van der Waals surface area contributed by atoms with Gasteiger partial charge in [-0.2, -0.15) is 0 Å². The Morgan fingerprint density at radius 1 is 0.914 bits per heavy atom. The Balaban J connectivity index is 0.820. The number of aryl methyl sites for hydroxylation is 2. The summed E-state index contributed by atoms with van der Waals surface area (Å²) >= 11 is 0. The van der Waals surface area contributed by atoms with Crippen molar-refractivity contribution in [3.63, 3.8) is 0 Å². The maximum absolute atomic E-state index is 13.0. The van der Waals surface area contributed by atoms with Crippen LogP contribution in [0.4, 0.5) is 5.69 Å². The van der Waals surface area contributed by atoms with Gasteiger partial charge >= 0.3 is 0 Å². The number of piperidine rings is 2. The number of benzene rings is 3. The fourth-order valence-corrected chi connectivity index (χ4v) is 8.75. The molecule has 12 nitrogen and oxygen atoms in total. The molecule has 1 atom stereocenters. The first kappa shape index (κ1) is 39.0. The van der Waals surface area contributed by atoms with Gasteiger partial charge in [0.2, 0.25) is 17.7 Å². The van der Waals surface area contributed by atoms with Crippen molar-refractivity contribution < 1.29 is 19.2 Å². The normalized spacial score (nSPS) is 17.6. The van der Waals surface area contributed by atoms with Gasteiger partial charge in [0.05, 0.1) is 17.8 Å². The lowest BCUT2D eigenvalue weighted by Crippen LogP contribution is -2.40. The highest BCUT2D eigenvalue weighted by Gasteiger charge is 2.28. The summed E-state index contributed by atoms with van der Waals surface area (Å²) in [7, 11) is 3.52. The minimum absolute atomic E-state index is 0.0167. The lowest BCUT2D eigenvalue weighted by molar-refractivity contribution is -0.134. The number of fused-ring (bicyclic) bond motifs is 2. The molecular formula is C46H52N8O4. The van der Waals surface area contributed by atoms with Gasteiger partial charge in [-0.05, 0) is 109 Å². The van der Waals surface area contributed by atoms with E-state index in [0.29, 0.717) is 37.3 Å². The van der Waals surface area contributed by atoms with E-state index in [1.165, 1.54) is 16.7 Å². The summed E-state index contributed by atoms with van der Waals surface area (Å²) < 4.78 is 0. The number of H-pyrrole nitrogens is 1. The van der Waals surface area contributed by atoms with E-state index in [9.17, 15) is 19.2 Å². The topological polar surface area (TPSA) is 144 Å². The SMILES string of the molecule is Cc1cc(-c2c[nH]c3ncc(-c4cc(C)c5c(c4)CCN(CCC(=O)NCC4CCN(c6ccc(C7CCC(=O)NC7=O)cc6)CC4)C5)nc23)ccc1C(=O)N(C)C. The predicted molar refractivity (Wildman–Crippen MR) is 225 cm³/mol. The second-order valence-corrected chi connectivity index (χ2v) is 16.4. The van der Waals surface area contributed by atoms with Crippen molar-refractivity contribution in [3.8, 4) is 22.4 Å². The number of hydrogen-bond acceptors (Lipinski definition) is 8. The van der Waals surface area contributed by atoms with Crippen molar-refractivity contribution in [3.05, 3.63) is 100 Å². The van der Waals surface area contributed by atoms with Crippen LogP contribution in [0.5, 0.6) is 0 Å². The molecule has 3 aliphatic rings. The maximum Gasteiger partial charge on any atom is 0.253 e. The third-order valence-corrected chi connectivity index (χ3v) is 12.3. The van der Waals surface area contributed by atoms with Crippen LogP contribution >= 0.6 is 0 Å². The molecular weight excluding hydrogens is 729 g/mol. The molecule has 4 amide bonds. The number of anilines is 1. The molecule has 0 bridgehead atoms. The van der Waals surface area contributed by atoms with Crippen LogP contribution in [0.1, 0.15) is 76.2 Å². The predicted octanol–water partition coefficient (Wildman–Crippen LogP) is 5.91. The number of carbonyl (C=O) groups is 4. The number of rotatable bonds is 10. The Morgan fingerprint density at radius 3 is 2.43 bits per heavy atom. The summed E-state index contributed by atoms with van der Waals surface area (Å²) in [6.45, 7) is 9.12. The Bertz CT molecular complexity index is 2380. The third-order valence-electron chi connectivity index (χ3n) is 12.3. The minimum atomic E-state index is -0.266. The van der Waals surface area contributed by atoms with E-state index in [-0.39, 0.29) is 29.5 Å². The Kier molecular flexibility index (Phi) is 11.1. The van der Waals surface area contributed by atoms with Crippen LogP contribution in [0.25, 0.3) is 33.5 Å². The van der Waals surface area contributed by atoms with Crippen LogP contribution in [0, 0.1) is 19.8 Å². The van der Waals surface area contributed by atoms with E-state index >= 15 is 0 Å². The molecule has 0 spiro atoms. The van der Waals surface area contributed by atoms with Crippen LogP contribution in [0.2, 0.25) is 0 Å². The summed E-state index contributed by atoms with van der Waals surface area (Å²) in [6, 6.07) is 18.5. The number of nitrogens with one attached hydrogen (secondary N) is 3. The van der Waals surface area contributed by atoms with Crippen molar-refractivity contribution in [2.45, 2.75) is 64.8 Å². The van der Waals surface area contributed by atoms with Gasteiger partial charge in [0.25, 0.3) is 5.91 Å². The molecule has 3 N–H and O–H groups in total. The third kappa shape index (κ3) is 8.24. The second kappa shape index (κ2) is 16.5. The van der Waals surface area contributed by atoms with Crippen LogP contribution in [-0.4, -0.2) is 95.2 Å². The number of hydrogen-bond donors (Lipinski definition) is 3. The van der Waals surface area contributed by atoms with Crippen molar-refractivity contribution in [2.24, 2.45) is 5.92 Å². The standard InChI is InChI=1S/C46H52N8O4/c1-28-21-32(7-10-36(28)46(58)52(3)4)38-25-48-44-43(38)50-40(26-49-44)34-22-29(2)39-27-53(17-15-33(39)23-34)18-16-41(55)47-24-30-13-19-54(20-14-30)35-8-5-31(6-9-35)37-11-12-42(56)51-45(37)57/h5-10,21-23,25-26,30,37H,11-20,24,27H2,1-4H3,(H,47,55)(H,48,49)(H,51,56,57). The number of aromatic amines is 1. The number of carbonyl (C=O) groups excluding carboxylic acids is 4. The maximum atomic E-state index is 13.0. The Morgan fingerprint density at radius 2 is 1.69 bits per heavy atom. The van der Waals surface area contributed by atoms with Gasteiger partial charge in [-0.1, -0.05) is 24.3 Å². The quantitative estimate of drug-likeness (QED) is 0.149. The molecule has 5 heterocycles. The molecule has 2 aromatic heterocycles. The van der Waals surface area contributed by atoms with Crippen LogP contribution in [-0.2, 0) is 27.3 Å². The zero-order valence-electron chi connectivity index (χ0n) is 33.9. The van der Waals surface area contributed by atoms with E-state index in [1.54, 1.807) is 19.0 Å². The summed E-state index contributed by atoms with van der Waals surface area (Å²) in [5, 5.41) is 5.67. The first-order valence-electron chi connectivity index (χ1n) is 20.5. The largest absolute Gasteiger partial charge is 0.372 e. The van der Waals surface area contributed by atoms with Gasteiger partial charge in [0, 0.05) is 94.8 Å². The molecule has 0 saturated carbocycles. The molecule has 8 rings (SSSR count). The molecule has 3 aliphatic heterocycles. The van der Waals surface area contributed by atoms with Gasteiger partial charge in [-0.25, -0.2) is 9.97 Å². The molecule has 2 saturated heterocycles. The molecule has 3 aromatic carbocycles. The first-order chi connectivity index (χ1) is 28.0. The van der Waals surface area contributed by atoms with Crippen LogP contribution in [0.3, 0.4) is 0 Å². The summed E-state index contributed by atoms with van der Waals surface area (Å²) in [5.74, 6) is -0.125. The van der Waals surface area contributed by atoms with Crippen molar-refractivity contribution in [1.29, 1.82) is 0 Å². The van der Waals surface area contributed by atoms with Gasteiger partial charge in [-0.15, -0.1) is 0 Å². The van der Waals surface area contributed by atoms with Crippen molar-refractivity contribution in [1.82, 2.24) is 35.4 Å². The number of aromatic nitrogens is 3. The molecule has 5 aromatic rings. The highest BCUT2D eigenvalue weighted by atomic mass is 16.2. The van der Waals surface area contributed by atoms with E-state index in [0.717, 1.165) is 102 Å². The number of amides is 4. The first-order valence-corrected chi connectivity index (χ1v) is 20.5. The van der Waals surface area contributed by atoms with E-state index in [2.05, 4.69) is 56.6 Å². The van der Waals surface area contributed by atoms with Gasteiger partial charge in [-0.3, -0.25) is 29.4 Å². The molecule has 1 unspecified atom stereocenters. The zero-order valence-corrected chi connectivity index (χ0v) is 33.9. The second-order valence-electron chi connectivity index (χ2n) is 16.4. The summed E-state index contributed by atoms with van der Waals surface area (Å²) in [6.07, 6.45) is 8.11. The molecule has 2 fully saturated rings. The lowest BCUT2D eigenvalue weighted by Gasteiger charge is -2.34. The van der Waals surface area contributed by atoms with Crippen LogP contribution < -0.4 is 15.5 Å². The average Bonchev–Trinajstić information content (AvgIpc) is 3.66. The van der Waals surface area contributed by atoms with Crippen molar-refractivity contribution >= 4 is 40.5 Å². The summed E-state index contributed by atoms with van der Waals surface area (Å²) in [4.78, 5) is 68.8. The minimum Gasteiger partial charge on any atom is -0.372 e. The Labute approximate surface area is 339 Å². The molecule has 0 aliphatic carbocycles. The highest BCUT2D eigenvalue weighted by Crippen LogP contribution is 2.33. The van der Waals surface area contributed by atoms with E-state index in [1.807, 2.05) is 49.6 Å². The van der Waals surface area contributed by atoms with Gasteiger partial charge in [0.1, 0.15) is 5.52 Å². The molecule has 12 heteroatoms. The number of nitrogens with zero attached hydrogens (tertiary/aromatic N) is 5. The highest BCUT2D eigenvalue weighted by molar-refractivity contribution is 6.01. The van der Waals surface area contributed by atoms with Crippen molar-refractivity contribution in [2.75, 3.05) is 51.7 Å². The fraction of sp³-hybridized carbons (Fsp3) is 0.391.